The molecule has 0 saturated heterocycles. The van der Waals surface area contributed by atoms with Gasteiger partial charge in [0.15, 0.2) is 0 Å². The van der Waals surface area contributed by atoms with Crippen LogP contribution in [0.1, 0.15) is 33.1 Å². The van der Waals surface area contributed by atoms with Crippen LogP contribution in [0.3, 0.4) is 0 Å². The average Bonchev–Trinajstić information content (AvgIpc) is 1.89. The molecule has 0 unspecified atom stereocenters. The second kappa shape index (κ2) is 8.18. The first-order chi connectivity index (χ1) is 4.41. The third-order valence-electron chi connectivity index (χ3n) is 1.25. The molecule has 0 fully saturated rings. The maximum atomic E-state index is 3.47. The van der Waals surface area contributed by atoms with E-state index in [-0.39, 0.29) is 0 Å². The molecule has 0 spiro atoms. The maximum Gasteiger partial charge on any atom is 0.113 e. The lowest BCUT2D eigenvalue weighted by molar-refractivity contribution is 0.763. The predicted octanol–water partition coefficient (Wildman–Crippen LogP) is 1.56. The molecule has 1 nitrogen and oxygen atoms in total. The van der Waals surface area contributed by atoms with Gasteiger partial charge in [-0.05, 0) is 19.0 Å². The van der Waals surface area contributed by atoms with Crippen LogP contribution in [0.25, 0.3) is 0 Å². The smallest absolute Gasteiger partial charge is 0.113 e. The summed E-state index contributed by atoms with van der Waals surface area (Å²) in [4.78, 5) is 3.47. The molecule has 55 valence electrons. The average molecular weight is 144 g/mol. The summed E-state index contributed by atoms with van der Waals surface area (Å²) in [6.45, 7) is 5.72. The number of hydrogen-bond acceptors (Lipinski definition) is 1. The lowest BCUT2D eigenvalue weighted by Gasteiger charge is -1.98. The first-order valence-electron chi connectivity index (χ1n) is 3.96. The number of nitrogens with one attached hydrogen (secondary N) is 1. The number of rotatable bonds is 6. The van der Waals surface area contributed by atoms with E-state index in [1.165, 1.54) is 31.9 Å². The summed E-state index contributed by atoms with van der Waals surface area (Å²) < 4.78 is 0. The molecule has 0 aliphatic rings. The van der Waals surface area contributed by atoms with Gasteiger partial charge >= 0.3 is 0 Å². The lowest BCUT2D eigenvalue weighted by Crippen LogP contribution is -2.19. The Morgan fingerprint density at radius 2 is 2.00 bits per heavy atom. The van der Waals surface area contributed by atoms with Crippen molar-refractivity contribution in [2.24, 2.45) is 0 Å². The van der Waals surface area contributed by atoms with Crippen LogP contribution in [0, 0.1) is 0 Å². The fourth-order valence-electron chi connectivity index (χ4n) is 0.627. The molecule has 0 heterocycles. The first-order valence-corrected chi connectivity index (χ1v) is 5.36. The van der Waals surface area contributed by atoms with Crippen molar-refractivity contribution in [1.82, 2.24) is 4.98 Å². The van der Waals surface area contributed by atoms with Crippen LogP contribution in [0.5, 0.6) is 0 Å². The van der Waals surface area contributed by atoms with Gasteiger partial charge in [0, 0.05) is 0 Å². The van der Waals surface area contributed by atoms with Crippen LogP contribution in [0.2, 0.25) is 6.04 Å². The zero-order valence-corrected chi connectivity index (χ0v) is 7.77. The van der Waals surface area contributed by atoms with Gasteiger partial charge in [0.2, 0.25) is 0 Å². The summed E-state index contributed by atoms with van der Waals surface area (Å²) in [5.41, 5.74) is 0. The van der Waals surface area contributed by atoms with E-state index < -0.39 is 0 Å². The summed E-state index contributed by atoms with van der Waals surface area (Å²) in [5.74, 6) is 0. The standard InChI is InChI=1S/C7H18NSi/c1-3-5-6-8-9-7-4-2/h8-9H,3-7H2,1-2H3. The van der Waals surface area contributed by atoms with Crippen molar-refractivity contribution in [2.75, 3.05) is 6.54 Å². The Kier molecular flexibility index (Phi) is 8.34. The Morgan fingerprint density at radius 3 is 2.56 bits per heavy atom. The summed E-state index contributed by atoms with van der Waals surface area (Å²) in [6.07, 6.45) is 4.00. The van der Waals surface area contributed by atoms with Crippen molar-refractivity contribution in [1.29, 1.82) is 0 Å². The Hall–Kier alpha value is 0.177. The van der Waals surface area contributed by atoms with Gasteiger partial charge in [0.25, 0.3) is 0 Å². The van der Waals surface area contributed by atoms with Gasteiger partial charge in [-0.1, -0.05) is 26.7 Å². The summed E-state index contributed by atoms with van der Waals surface area (Å²) in [7, 11) is 0.567. The highest BCUT2D eigenvalue weighted by Crippen LogP contribution is 1.84. The fourth-order valence-corrected chi connectivity index (χ4v) is 1.53. The van der Waals surface area contributed by atoms with E-state index >= 15 is 0 Å². The van der Waals surface area contributed by atoms with Gasteiger partial charge in [-0.3, -0.25) is 0 Å². The van der Waals surface area contributed by atoms with Gasteiger partial charge in [0.1, 0.15) is 9.68 Å². The van der Waals surface area contributed by atoms with Gasteiger partial charge in [-0.25, -0.2) is 0 Å². The second-order valence-electron chi connectivity index (χ2n) is 2.30. The van der Waals surface area contributed by atoms with E-state index in [1.807, 2.05) is 0 Å². The molecular formula is C7H18NSi. The van der Waals surface area contributed by atoms with Gasteiger partial charge in [0.05, 0.1) is 0 Å². The molecular weight excluding hydrogens is 126 g/mol. The maximum absolute atomic E-state index is 3.47. The highest BCUT2D eigenvalue weighted by Gasteiger charge is 1.84. The van der Waals surface area contributed by atoms with Crippen molar-refractivity contribution in [3.05, 3.63) is 0 Å². The molecule has 0 rings (SSSR count). The first kappa shape index (κ1) is 9.18. The topological polar surface area (TPSA) is 12.0 Å². The highest BCUT2D eigenvalue weighted by molar-refractivity contribution is 6.31. The van der Waals surface area contributed by atoms with E-state index in [1.54, 1.807) is 0 Å². The van der Waals surface area contributed by atoms with E-state index in [2.05, 4.69) is 18.8 Å². The van der Waals surface area contributed by atoms with Crippen molar-refractivity contribution in [3.63, 3.8) is 0 Å². The monoisotopic (exact) mass is 144 g/mol. The minimum atomic E-state index is 0.567. The van der Waals surface area contributed by atoms with Crippen LogP contribution >= 0.6 is 0 Å². The molecule has 1 N–H and O–H groups in total. The lowest BCUT2D eigenvalue weighted by atomic mass is 10.3. The Bertz CT molecular complexity index is 42.2. The normalized spacial score (nSPS) is 10.0. The summed E-state index contributed by atoms with van der Waals surface area (Å²) in [5, 5.41) is 0. The molecule has 0 aromatic rings. The Labute approximate surface area is 61.1 Å². The van der Waals surface area contributed by atoms with Gasteiger partial charge in [-0.2, -0.15) is 0 Å². The quantitative estimate of drug-likeness (QED) is 0.440. The largest absolute Gasteiger partial charge is 0.341 e. The van der Waals surface area contributed by atoms with E-state index in [9.17, 15) is 0 Å². The molecule has 0 atom stereocenters. The molecule has 0 saturated carbocycles. The molecule has 2 heteroatoms. The molecule has 0 bridgehead atoms. The molecule has 0 aliphatic heterocycles. The van der Waals surface area contributed by atoms with Crippen LogP contribution in [0.15, 0.2) is 0 Å². The fraction of sp³-hybridized carbons (Fsp3) is 1.00. The van der Waals surface area contributed by atoms with Crippen molar-refractivity contribution in [2.45, 2.75) is 39.2 Å². The molecule has 0 amide bonds. The van der Waals surface area contributed by atoms with Crippen LogP contribution in [0.4, 0.5) is 0 Å². The zero-order valence-electron chi connectivity index (χ0n) is 6.61. The molecule has 1 radical (unpaired) electrons. The van der Waals surface area contributed by atoms with Crippen LogP contribution in [-0.4, -0.2) is 16.2 Å². The van der Waals surface area contributed by atoms with Crippen molar-refractivity contribution in [3.8, 4) is 0 Å². The molecule has 0 aromatic heterocycles. The third kappa shape index (κ3) is 8.18. The summed E-state index contributed by atoms with van der Waals surface area (Å²) >= 11 is 0. The Morgan fingerprint density at radius 1 is 1.22 bits per heavy atom. The van der Waals surface area contributed by atoms with E-state index in [0.29, 0.717) is 9.68 Å². The second-order valence-corrected chi connectivity index (χ2v) is 3.69. The number of hydrogen-bond donors (Lipinski definition) is 1. The minimum absolute atomic E-state index is 0.567. The number of unbranched alkanes of at least 4 members (excludes halogenated alkanes) is 1. The molecule has 0 aliphatic carbocycles. The van der Waals surface area contributed by atoms with Crippen molar-refractivity contribution >= 4 is 9.68 Å². The van der Waals surface area contributed by atoms with Gasteiger partial charge < -0.3 is 4.98 Å². The van der Waals surface area contributed by atoms with Crippen LogP contribution < -0.4 is 4.98 Å². The van der Waals surface area contributed by atoms with E-state index in [4.69, 9.17) is 0 Å². The SMILES string of the molecule is CCCCN[SiH]CCC. The minimum Gasteiger partial charge on any atom is -0.341 e. The molecule has 9 heavy (non-hydrogen) atoms. The zero-order chi connectivity index (χ0) is 6.95. The van der Waals surface area contributed by atoms with Crippen LogP contribution in [-0.2, 0) is 0 Å². The highest BCUT2D eigenvalue weighted by atomic mass is 28.2. The van der Waals surface area contributed by atoms with Gasteiger partial charge in [-0.15, -0.1) is 0 Å². The van der Waals surface area contributed by atoms with E-state index in [0.717, 1.165) is 0 Å². The predicted molar refractivity (Wildman–Crippen MR) is 45.2 cm³/mol. The Balaban J connectivity index is 2.60. The third-order valence-corrected chi connectivity index (χ3v) is 2.70. The molecule has 0 aromatic carbocycles. The van der Waals surface area contributed by atoms with Crippen molar-refractivity contribution < 1.29 is 0 Å². The summed E-state index contributed by atoms with van der Waals surface area (Å²) in [6, 6.07) is 1.41.